The second-order valence-electron chi connectivity index (χ2n) is 4.13. The lowest BCUT2D eigenvalue weighted by Crippen LogP contribution is -2.17. The van der Waals surface area contributed by atoms with Crippen LogP contribution in [0.4, 0.5) is 13.2 Å². The Balaban J connectivity index is 2.11. The van der Waals surface area contributed by atoms with Crippen LogP contribution in [0.25, 0.3) is 0 Å². The first kappa shape index (κ1) is 10.3. The minimum Gasteiger partial charge on any atom is -0.406 e. The van der Waals surface area contributed by atoms with Crippen molar-refractivity contribution in [1.82, 2.24) is 0 Å². The highest BCUT2D eigenvalue weighted by Gasteiger charge is 2.39. The summed E-state index contributed by atoms with van der Waals surface area (Å²) in [7, 11) is 0. The number of alkyl halides is 3. The zero-order valence-electron chi connectivity index (χ0n) is 8.27. The Kier molecular flexibility index (Phi) is 2.17. The quantitative estimate of drug-likeness (QED) is 0.733. The average molecular weight is 216 g/mol. The van der Waals surface area contributed by atoms with Gasteiger partial charge in [-0.25, -0.2) is 0 Å². The molecule has 0 aromatic heterocycles. The van der Waals surface area contributed by atoms with Crippen LogP contribution in [0.15, 0.2) is 24.3 Å². The molecule has 0 bridgehead atoms. The molecule has 0 spiro atoms. The normalized spacial score (nSPS) is 18.7. The van der Waals surface area contributed by atoms with Crippen molar-refractivity contribution in [3.63, 3.8) is 0 Å². The molecule has 0 atom stereocenters. The SMILES string of the molecule is CC1(c2ccc(OC(F)(F)F)cc2)CC1. The molecular formula is C11H11F3O. The van der Waals surface area contributed by atoms with Gasteiger partial charge < -0.3 is 4.74 Å². The molecule has 0 amide bonds. The van der Waals surface area contributed by atoms with Crippen molar-refractivity contribution >= 4 is 0 Å². The van der Waals surface area contributed by atoms with E-state index < -0.39 is 6.36 Å². The smallest absolute Gasteiger partial charge is 0.406 e. The van der Waals surface area contributed by atoms with E-state index in [0.29, 0.717) is 0 Å². The second kappa shape index (κ2) is 3.15. The number of hydrogen-bond acceptors (Lipinski definition) is 1. The highest BCUT2D eigenvalue weighted by atomic mass is 19.4. The summed E-state index contributed by atoms with van der Waals surface area (Å²) >= 11 is 0. The molecule has 0 N–H and O–H groups in total. The summed E-state index contributed by atoms with van der Waals surface area (Å²) in [6, 6.07) is 6.14. The number of ether oxygens (including phenoxy) is 1. The van der Waals surface area contributed by atoms with Gasteiger partial charge in [0, 0.05) is 0 Å². The second-order valence-corrected chi connectivity index (χ2v) is 4.13. The lowest BCUT2D eigenvalue weighted by atomic mass is 9.99. The Bertz CT molecular complexity index is 349. The van der Waals surface area contributed by atoms with Gasteiger partial charge in [0.1, 0.15) is 5.75 Å². The molecule has 15 heavy (non-hydrogen) atoms. The summed E-state index contributed by atoms with van der Waals surface area (Å²) in [6.07, 6.45) is -2.40. The average Bonchev–Trinajstić information content (AvgIpc) is 2.83. The standard InChI is InChI=1S/C11H11F3O/c1-10(6-7-10)8-2-4-9(5-3-8)15-11(12,13)14/h2-5H,6-7H2,1H3. The van der Waals surface area contributed by atoms with Gasteiger partial charge in [-0.05, 0) is 36.0 Å². The molecule has 1 aromatic rings. The summed E-state index contributed by atoms with van der Waals surface area (Å²) in [5.41, 5.74) is 1.26. The Labute approximate surface area is 85.9 Å². The molecule has 0 saturated heterocycles. The summed E-state index contributed by atoms with van der Waals surface area (Å²) in [5.74, 6) is -0.157. The number of hydrogen-bond donors (Lipinski definition) is 0. The van der Waals surface area contributed by atoms with Crippen molar-refractivity contribution in [3.8, 4) is 5.75 Å². The predicted octanol–water partition coefficient (Wildman–Crippen LogP) is 3.64. The Morgan fingerprint density at radius 2 is 1.67 bits per heavy atom. The van der Waals surface area contributed by atoms with E-state index in [4.69, 9.17) is 0 Å². The molecule has 0 unspecified atom stereocenters. The molecule has 1 saturated carbocycles. The Morgan fingerprint density at radius 1 is 1.13 bits per heavy atom. The summed E-state index contributed by atoms with van der Waals surface area (Å²) in [5, 5.41) is 0. The van der Waals surface area contributed by atoms with Crippen LogP contribution in [0.5, 0.6) is 5.75 Å². The van der Waals surface area contributed by atoms with Gasteiger partial charge in [-0.1, -0.05) is 19.1 Å². The van der Waals surface area contributed by atoms with Gasteiger partial charge in [0.05, 0.1) is 0 Å². The first-order chi connectivity index (χ1) is 6.89. The lowest BCUT2D eigenvalue weighted by Gasteiger charge is -2.11. The van der Waals surface area contributed by atoms with Gasteiger partial charge in [0.15, 0.2) is 0 Å². The molecule has 1 fully saturated rings. The van der Waals surface area contributed by atoms with E-state index in [1.165, 1.54) is 12.1 Å². The first-order valence-electron chi connectivity index (χ1n) is 4.75. The summed E-state index contributed by atoms with van der Waals surface area (Å²) < 4.78 is 39.4. The zero-order chi connectivity index (χ0) is 11.1. The molecule has 82 valence electrons. The maximum Gasteiger partial charge on any atom is 0.573 e. The maximum absolute atomic E-state index is 11.9. The van der Waals surface area contributed by atoms with Crippen LogP contribution in [-0.4, -0.2) is 6.36 Å². The van der Waals surface area contributed by atoms with E-state index in [1.54, 1.807) is 12.1 Å². The molecule has 0 aliphatic heterocycles. The van der Waals surface area contributed by atoms with Crippen LogP contribution in [0.2, 0.25) is 0 Å². The highest BCUT2D eigenvalue weighted by Crippen LogP contribution is 2.47. The number of benzene rings is 1. The number of halogens is 3. The zero-order valence-corrected chi connectivity index (χ0v) is 8.27. The van der Waals surface area contributed by atoms with E-state index >= 15 is 0 Å². The fourth-order valence-electron chi connectivity index (χ4n) is 1.54. The molecule has 0 radical (unpaired) electrons. The van der Waals surface area contributed by atoms with Crippen LogP contribution in [0.3, 0.4) is 0 Å². The molecule has 4 heteroatoms. The first-order valence-corrected chi connectivity index (χ1v) is 4.75. The predicted molar refractivity (Wildman–Crippen MR) is 49.7 cm³/mol. The van der Waals surface area contributed by atoms with Crippen molar-refractivity contribution in [2.45, 2.75) is 31.5 Å². The van der Waals surface area contributed by atoms with E-state index in [9.17, 15) is 13.2 Å². The summed E-state index contributed by atoms with van der Waals surface area (Å²) in [4.78, 5) is 0. The van der Waals surface area contributed by atoms with Crippen molar-refractivity contribution in [2.75, 3.05) is 0 Å². The maximum atomic E-state index is 11.9. The van der Waals surface area contributed by atoms with Crippen molar-refractivity contribution in [3.05, 3.63) is 29.8 Å². The van der Waals surface area contributed by atoms with Gasteiger partial charge >= 0.3 is 6.36 Å². The molecule has 1 aliphatic carbocycles. The van der Waals surface area contributed by atoms with E-state index in [2.05, 4.69) is 11.7 Å². The molecule has 1 aromatic carbocycles. The molecule has 0 heterocycles. The molecular weight excluding hydrogens is 205 g/mol. The number of rotatable bonds is 2. The third-order valence-corrected chi connectivity index (χ3v) is 2.78. The fourth-order valence-corrected chi connectivity index (χ4v) is 1.54. The van der Waals surface area contributed by atoms with E-state index in [0.717, 1.165) is 18.4 Å². The summed E-state index contributed by atoms with van der Waals surface area (Å²) in [6.45, 7) is 2.10. The van der Waals surface area contributed by atoms with Crippen LogP contribution >= 0.6 is 0 Å². The van der Waals surface area contributed by atoms with Gasteiger partial charge in [-0.2, -0.15) is 0 Å². The minimum atomic E-state index is -4.61. The monoisotopic (exact) mass is 216 g/mol. The van der Waals surface area contributed by atoms with Crippen LogP contribution in [0, 0.1) is 0 Å². The Hall–Kier alpha value is -1.19. The van der Waals surface area contributed by atoms with Gasteiger partial charge in [0.25, 0.3) is 0 Å². The molecule has 1 nitrogen and oxygen atoms in total. The largest absolute Gasteiger partial charge is 0.573 e. The van der Waals surface area contributed by atoms with Gasteiger partial charge in [-0.15, -0.1) is 13.2 Å². The lowest BCUT2D eigenvalue weighted by molar-refractivity contribution is -0.274. The third-order valence-electron chi connectivity index (χ3n) is 2.78. The van der Waals surface area contributed by atoms with E-state index in [1.807, 2.05) is 0 Å². The van der Waals surface area contributed by atoms with Crippen LogP contribution in [-0.2, 0) is 5.41 Å². The minimum absolute atomic E-state index is 0.157. The van der Waals surface area contributed by atoms with Crippen molar-refractivity contribution in [1.29, 1.82) is 0 Å². The van der Waals surface area contributed by atoms with Gasteiger partial charge in [0.2, 0.25) is 0 Å². The highest BCUT2D eigenvalue weighted by molar-refractivity contribution is 5.35. The Morgan fingerprint density at radius 3 is 2.07 bits per heavy atom. The van der Waals surface area contributed by atoms with Crippen molar-refractivity contribution < 1.29 is 17.9 Å². The van der Waals surface area contributed by atoms with Crippen molar-refractivity contribution in [2.24, 2.45) is 0 Å². The molecule has 2 rings (SSSR count). The third kappa shape index (κ3) is 2.43. The molecule has 1 aliphatic rings. The van der Waals surface area contributed by atoms with Crippen LogP contribution < -0.4 is 4.74 Å². The fraction of sp³-hybridized carbons (Fsp3) is 0.455. The van der Waals surface area contributed by atoms with E-state index in [-0.39, 0.29) is 11.2 Å². The van der Waals surface area contributed by atoms with Crippen LogP contribution in [0.1, 0.15) is 25.3 Å². The topological polar surface area (TPSA) is 9.23 Å². The van der Waals surface area contributed by atoms with Gasteiger partial charge in [-0.3, -0.25) is 0 Å².